The summed E-state index contributed by atoms with van der Waals surface area (Å²) in [6.45, 7) is 5.04. The summed E-state index contributed by atoms with van der Waals surface area (Å²) in [5, 5.41) is 12.0. The molecule has 1 atom stereocenters. The zero-order chi connectivity index (χ0) is 8.97. The minimum absolute atomic E-state index is 0.305. The molecule has 0 amide bonds. The van der Waals surface area contributed by atoms with Crippen LogP contribution in [0.5, 0.6) is 0 Å². The Hall–Kier alpha value is -0.800. The minimum Gasteiger partial charge on any atom is -0.468 e. The van der Waals surface area contributed by atoms with Crippen molar-refractivity contribution in [3.8, 4) is 0 Å². The first kappa shape index (κ1) is 9.29. The predicted octanol–water partition coefficient (Wildman–Crippen LogP) is 1.06. The van der Waals surface area contributed by atoms with Gasteiger partial charge in [-0.1, -0.05) is 0 Å². The number of furan rings is 1. The van der Waals surface area contributed by atoms with Crippen molar-refractivity contribution in [1.82, 2.24) is 5.32 Å². The van der Waals surface area contributed by atoms with E-state index in [4.69, 9.17) is 9.52 Å². The maximum Gasteiger partial charge on any atom is 0.120 e. The highest BCUT2D eigenvalue weighted by molar-refractivity contribution is 5.13. The zero-order valence-corrected chi connectivity index (χ0v) is 7.50. The quantitative estimate of drug-likeness (QED) is 0.708. The molecule has 0 aliphatic carbocycles. The van der Waals surface area contributed by atoms with E-state index in [2.05, 4.69) is 5.32 Å². The third-order valence-electron chi connectivity index (χ3n) is 1.69. The lowest BCUT2D eigenvalue weighted by Crippen LogP contribution is -2.23. The van der Waals surface area contributed by atoms with Crippen molar-refractivity contribution in [1.29, 1.82) is 0 Å². The summed E-state index contributed by atoms with van der Waals surface area (Å²) in [7, 11) is 0. The lowest BCUT2D eigenvalue weighted by molar-refractivity contribution is 0.190. The summed E-state index contributed by atoms with van der Waals surface area (Å²) in [6, 6.07) is 1.93. The van der Waals surface area contributed by atoms with Crippen LogP contribution < -0.4 is 5.32 Å². The largest absolute Gasteiger partial charge is 0.468 e. The smallest absolute Gasteiger partial charge is 0.120 e. The molecule has 1 aromatic heterocycles. The number of hydrogen-bond acceptors (Lipinski definition) is 3. The highest BCUT2D eigenvalue weighted by Crippen LogP contribution is 2.07. The maximum atomic E-state index is 8.96. The van der Waals surface area contributed by atoms with E-state index in [0.717, 1.165) is 11.3 Å². The van der Waals surface area contributed by atoms with E-state index in [0.29, 0.717) is 13.1 Å². The molecule has 0 aromatic carbocycles. The Morgan fingerprint density at radius 2 is 2.42 bits per heavy atom. The molecule has 0 aliphatic rings. The van der Waals surface area contributed by atoms with Gasteiger partial charge in [0.05, 0.1) is 18.9 Å². The average Bonchev–Trinajstić information content (AvgIpc) is 2.36. The fraction of sp³-hybridized carbons (Fsp3) is 0.556. The van der Waals surface area contributed by atoms with Crippen LogP contribution in [0.25, 0.3) is 0 Å². The molecular formula is C9H15NO2. The molecule has 3 nitrogen and oxygen atoms in total. The lowest BCUT2D eigenvalue weighted by Gasteiger charge is -2.04. The molecule has 2 N–H and O–H groups in total. The first-order chi connectivity index (χ1) is 5.70. The molecule has 1 aromatic rings. The van der Waals surface area contributed by atoms with Gasteiger partial charge in [0.2, 0.25) is 0 Å². The Labute approximate surface area is 72.4 Å². The second kappa shape index (κ2) is 4.28. The van der Waals surface area contributed by atoms with Crippen molar-refractivity contribution in [2.45, 2.75) is 26.5 Å². The van der Waals surface area contributed by atoms with Gasteiger partial charge in [-0.2, -0.15) is 0 Å². The number of aliphatic hydroxyl groups excluding tert-OH is 1. The summed E-state index contributed by atoms with van der Waals surface area (Å²) in [5.41, 5.74) is 1.15. The summed E-state index contributed by atoms with van der Waals surface area (Å²) in [4.78, 5) is 0. The van der Waals surface area contributed by atoms with Crippen LogP contribution in [0.1, 0.15) is 18.2 Å². The van der Waals surface area contributed by atoms with E-state index in [-0.39, 0.29) is 6.10 Å². The summed E-state index contributed by atoms with van der Waals surface area (Å²) in [5.74, 6) is 0.940. The van der Waals surface area contributed by atoms with Crippen molar-refractivity contribution in [2.75, 3.05) is 6.54 Å². The number of aliphatic hydroxyl groups is 1. The second-order valence-corrected chi connectivity index (χ2v) is 3.01. The molecule has 12 heavy (non-hydrogen) atoms. The van der Waals surface area contributed by atoms with Crippen molar-refractivity contribution in [3.05, 3.63) is 23.7 Å². The molecule has 0 spiro atoms. The summed E-state index contributed by atoms with van der Waals surface area (Å²) < 4.78 is 5.20. The molecule has 68 valence electrons. The maximum absolute atomic E-state index is 8.96. The Bertz CT molecular complexity index is 230. The third kappa shape index (κ3) is 2.68. The Kier molecular flexibility index (Phi) is 3.31. The fourth-order valence-corrected chi connectivity index (χ4v) is 0.980. The van der Waals surface area contributed by atoms with Gasteiger partial charge in [0.1, 0.15) is 5.76 Å². The van der Waals surface area contributed by atoms with E-state index < -0.39 is 0 Å². The van der Waals surface area contributed by atoms with Gasteiger partial charge < -0.3 is 14.8 Å². The summed E-state index contributed by atoms with van der Waals surface area (Å²) >= 11 is 0. The fourth-order valence-electron chi connectivity index (χ4n) is 0.980. The zero-order valence-electron chi connectivity index (χ0n) is 7.50. The van der Waals surface area contributed by atoms with Crippen molar-refractivity contribution in [2.24, 2.45) is 0 Å². The SMILES string of the molecule is Cc1ccoc1CNCC(C)O. The first-order valence-electron chi connectivity index (χ1n) is 4.12. The number of rotatable bonds is 4. The van der Waals surface area contributed by atoms with Gasteiger partial charge >= 0.3 is 0 Å². The standard InChI is InChI=1S/C9H15NO2/c1-7-3-4-12-9(7)6-10-5-8(2)11/h3-4,8,10-11H,5-6H2,1-2H3. The highest BCUT2D eigenvalue weighted by Gasteiger charge is 2.01. The van der Waals surface area contributed by atoms with Crippen LogP contribution in [0.4, 0.5) is 0 Å². The van der Waals surface area contributed by atoms with E-state index in [1.54, 1.807) is 13.2 Å². The molecule has 1 rings (SSSR count). The van der Waals surface area contributed by atoms with Crippen LogP contribution in [0.15, 0.2) is 16.7 Å². The Morgan fingerprint density at radius 1 is 1.67 bits per heavy atom. The van der Waals surface area contributed by atoms with Crippen molar-refractivity contribution >= 4 is 0 Å². The predicted molar refractivity (Wildman–Crippen MR) is 46.8 cm³/mol. The van der Waals surface area contributed by atoms with Crippen LogP contribution in [0, 0.1) is 6.92 Å². The van der Waals surface area contributed by atoms with Gasteiger partial charge in [-0.05, 0) is 25.5 Å². The van der Waals surface area contributed by atoms with Crippen molar-refractivity contribution in [3.63, 3.8) is 0 Å². The normalized spacial score (nSPS) is 13.2. The number of aryl methyl sites for hydroxylation is 1. The monoisotopic (exact) mass is 169 g/mol. The highest BCUT2D eigenvalue weighted by atomic mass is 16.3. The van der Waals surface area contributed by atoms with Crippen LogP contribution >= 0.6 is 0 Å². The van der Waals surface area contributed by atoms with Crippen LogP contribution in [-0.4, -0.2) is 17.8 Å². The second-order valence-electron chi connectivity index (χ2n) is 3.01. The lowest BCUT2D eigenvalue weighted by atomic mass is 10.3. The van der Waals surface area contributed by atoms with Crippen LogP contribution in [-0.2, 0) is 6.54 Å². The topological polar surface area (TPSA) is 45.4 Å². The molecule has 1 heterocycles. The van der Waals surface area contributed by atoms with E-state index in [9.17, 15) is 0 Å². The van der Waals surface area contributed by atoms with Crippen molar-refractivity contribution < 1.29 is 9.52 Å². The molecule has 1 unspecified atom stereocenters. The first-order valence-corrected chi connectivity index (χ1v) is 4.12. The molecule has 0 fully saturated rings. The third-order valence-corrected chi connectivity index (χ3v) is 1.69. The Morgan fingerprint density at radius 3 is 2.92 bits per heavy atom. The van der Waals surface area contributed by atoms with E-state index >= 15 is 0 Å². The Balaban J connectivity index is 2.29. The number of hydrogen-bond donors (Lipinski definition) is 2. The molecular weight excluding hydrogens is 154 g/mol. The van der Waals surface area contributed by atoms with Gasteiger partial charge in [0.25, 0.3) is 0 Å². The van der Waals surface area contributed by atoms with Crippen LogP contribution in [0.3, 0.4) is 0 Å². The molecule has 3 heteroatoms. The van der Waals surface area contributed by atoms with Gasteiger partial charge in [-0.15, -0.1) is 0 Å². The molecule has 0 bridgehead atoms. The van der Waals surface area contributed by atoms with E-state index in [1.807, 2.05) is 13.0 Å². The molecule has 0 saturated heterocycles. The molecule has 0 saturated carbocycles. The molecule has 0 aliphatic heterocycles. The number of nitrogens with one attached hydrogen (secondary N) is 1. The van der Waals surface area contributed by atoms with Gasteiger partial charge in [-0.3, -0.25) is 0 Å². The van der Waals surface area contributed by atoms with Gasteiger partial charge in [0.15, 0.2) is 0 Å². The summed E-state index contributed by atoms with van der Waals surface area (Å²) in [6.07, 6.45) is 1.37. The van der Waals surface area contributed by atoms with Crippen LogP contribution in [0.2, 0.25) is 0 Å². The molecule has 0 radical (unpaired) electrons. The average molecular weight is 169 g/mol. The van der Waals surface area contributed by atoms with E-state index in [1.165, 1.54) is 0 Å². The minimum atomic E-state index is -0.305. The van der Waals surface area contributed by atoms with Gasteiger partial charge in [-0.25, -0.2) is 0 Å². The van der Waals surface area contributed by atoms with Gasteiger partial charge in [0, 0.05) is 6.54 Å².